The van der Waals surface area contributed by atoms with E-state index >= 15 is 0 Å². The van der Waals surface area contributed by atoms with E-state index in [0.717, 1.165) is 10.9 Å². The second-order valence-corrected chi connectivity index (χ2v) is 3.35. The van der Waals surface area contributed by atoms with Gasteiger partial charge in [-0.3, -0.25) is 0 Å². The number of benzene rings is 1. The molecule has 2 nitrogen and oxygen atoms in total. The molecule has 0 aliphatic heterocycles. The molecule has 0 amide bonds. The van der Waals surface area contributed by atoms with Gasteiger partial charge in [-0.1, -0.05) is 23.2 Å². The van der Waals surface area contributed by atoms with Gasteiger partial charge >= 0.3 is 0 Å². The van der Waals surface area contributed by atoms with Gasteiger partial charge in [0.05, 0.1) is 17.2 Å². The van der Waals surface area contributed by atoms with Crippen LogP contribution in [0.3, 0.4) is 0 Å². The maximum absolute atomic E-state index is 6.03. The molecule has 1 N–H and O–H groups in total. The number of hydrogen-bond donors (Lipinski definition) is 1. The van der Waals surface area contributed by atoms with Crippen molar-refractivity contribution in [1.82, 2.24) is 4.98 Å². The van der Waals surface area contributed by atoms with Crippen molar-refractivity contribution in [1.29, 1.82) is 0 Å². The number of methoxy groups -OCH3 is 1. The molecule has 1 heterocycles. The lowest BCUT2D eigenvalue weighted by Crippen LogP contribution is -1.85. The Balaban J connectivity index is 2.85. The van der Waals surface area contributed by atoms with Crippen LogP contribution in [0.2, 0.25) is 10.0 Å². The lowest BCUT2D eigenvalue weighted by atomic mass is 10.2. The summed E-state index contributed by atoms with van der Waals surface area (Å²) in [5.41, 5.74) is 0.857. The molecule has 1 radical (unpaired) electrons. The van der Waals surface area contributed by atoms with E-state index in [1.807, 2.05) is 0 Å². The second kappa shape index (κ2) is 3.13. The normalized spacial score (nSPS) is 10.7. The third-order valence-corrected chi connectivity index (χ3v) is 2.47. The molecule has 0 saturated heterocycles. The van der Waals surface area contributed by atoms with Crippen LogP contribution in [0.4, 0.5) is 0 Å². The number of H-pyrrole nitrogens is 1. The number of aromatic amines is 1. The summed E-state index contributed by atoms with van der Waals surface area (Å²) in [7, 11) is 1.53. The molecule has 0 aliphatic rings. The van der Waals surface area contributed by atoms with Crippen LogP contribution in [-0.4, -0.2) is 12.1 Å². The van der Waals surface area contributed by atoms with Gasteiger partial charge in [0.25, 0.3) is 0 Å². The summed E-state index contributed by atoms with van der Waals surface area (Å²) in [5.74, 6) is 0.492. The van der Waals surface area contributed by atoms with Crippen molar-refractivity contribution in [2.24, 2.45) is 0 Å². The highest BCUT2D eigenvalue weighted by Gasteiger charge is 2.11. The molecule has 2 rings (SSSR count). The number of nitrogens with one attached hydrogen (secondary N) is 1. The highest BCUT2D eigenvalue weighted by Crippen LogP contribution is 2.38. The maximum atomic E-state index is 6.03. The van der Waals surface area contributed by atoms with E-state index < -0.39 is 0 Å². The summed E-state index contributed by atoms with van der Waals surface area (Å²) in [6, 6.07) is 4.73. The molecule has 0 fully saturated rings. The fourth-order valence-corrected chi connectivity index (χ4v) is 1.89. The zero-order valence-corrected chi connectivity index (χ0v) is 8.33. The predicted octanol–water partition coefficient (Wildman–Crippen LogP) is 3.28. The number of aromatic nitrogens is 1. The summed E-state index contributed by atoms with van der Waals surface area (Å²) in [4.78, 5) is 2.97. The molecule has 0 spiro atoms. The van der Waals surface area contributed by atoms with Crippen LogP contribution < -0.4 is 4.74 Å². The second-order valence-electron chi connectivity index (χ2n) is 2.56. The van der Waals surface area contributed by atoms with Crippen LogP contribution in [0.5, 0.6) is 5.75 Å². The minimum atomic E-state index is 0.492. The SMILES string of the molecule is COc1c(Cl)cc2[nH]c[c]c2c1Cl. The number of rotatable bonds is 1. The predicted molar refractivity (Wildman–Crippen MR) is 53.7 cm³/mol. The lowest BCUT2D eigenvalue weighted by Gasteiger charge is -2.05. The maximum Gasteiger partial charge on any atom is 0.156 e. The summed E-state index contributed by atoms with van der Waals surface area (Å²) in [6.07, 6.45) is 1.69. The van der Waals surface area contributed by atoms with E-state index in [-0.39, 0.29) is 0 Å². The fraction of sp³-hybridized carbons (Fsp3) is 0.111. The van der Waals surface area contributed by atoms with Gasteiger partial charge in [-0.05, 0) is 6.07 Å². The average Bonchev–Trinajstić information content (AvgIpc) is 2.53. The first kappa shape index (κ1) is 8.73. The molecule has 0 saturated carbocycles. The Kier molecular flexibility index (Phi) is 2.10. The largest absolute Gasteiger partial charge is 0.494 e. The first-order valence-corrected chi connectivity index (χ1v) is 4.40. The third kappa shape index (κ3) is 1.26. The molecular weight excluding hydrogens is 209 g/mol. The molecule has 0 aliphatic carbocycles. The van der Waals surface area contributed by atoms with E-state index in [1.165, 1.54) is 7.11 Å². The summed E-state index contributed by atoms with van der Waals surface area (Å²) in [5, 5.41) is 1.78. The smallest absolute Gasteiger partial charge is 0.156 e. The van der Waals surface area contributed by atoms with E-state index in [2.05, 4.69) is 11.1 Å². The highest BCUT2D eigenvalue weighted by atomic mass is 35.5. The van der Waals surface area contributed by atoms with Crippen molar-refractivity contribution >= 4 is 34.1 Å². The van der Waals surface area contributed by atoms with Gasteiger partial charge in [-0.25, -0.2) is 0 Å². The van der Waals surface area contributed by atoms with Gasteiger partial charge in [-0.2, -0.15) is 0 Å². The zero-order chi connectivity index (χ0) is 9.42. The number of ether oxygens (including phenoxy) is 1. The molecule has 13 heavy (non-hydrogen) atoms. The summed E-state index contributed by atoms with van der Waals surface area (Å²) in [6.45, 7) is 0. The lowest BCUT2D eigenvalue weighted by molar-refractivity contribution is 0.416. The van der Waals surface area contributed by atoms with Crippen LogP contribution in [-0.2, 0) is 0 Å². The van der Waals surface area contributed by atoms with Crippen molar-refractivity contribution in [2.45, 2.75) is 0 Å². The quantitative estimate of drug-likeness (QED) is 0.775. The van der Waals surface area contributed by atoms with Crippen molar-refractivity contribution in [3.63, 3.8) is 0 Å². The number of halogens is 2. The minimum absolute atomic E-state index is 0.492. The van der Waals surface area contributed by atoms with Gasteiger partial charge in [0.1, 0.15) is 0 Å². The molecule has 1 aromatic heterocycles. The molecular formula is C9H6Cl2NO. The monoisotopic (exact) mass is 214 g/mol. The molecule has 0 unspecified atom stereocenters. The van der Waals surface area contributed by atoms with Gasteiger partial charge in [-0.15, -0.1) is 0 Å². The first-order chi connectivity index (χ1) is 6.24. The topological polar surface area (TPSA) is 25.0 Å². The standard InChI is InChI=1S/C9H6Cl2NO/c1-13-9-6(10)4-7-5(8(9)11)2-3-12-7/h3-4,12H,1H3. The summed E-state index contributed by atoms with van der Waals surface area (Å²) < 4.78 is 5.06. The number of fused-ring (bicyclic) bond motifs is 1. The minimum Gasteiger partial charge on any atom is -0.494 e. The molecule has 2 aromatic rings. The Morgan fingerprint density at radius 3 is 2.92 bits per heavy atom. The van der Waals surface area contributed by atoms with Gasteiger partial charge in [0.2, 0.25) is 0 Å². The molecule has 4 heteroatoms. The van der Waals surface area contributed by atoms with Crippen LogP contribution in [0.15, 0.2) is 12.3 Å². The van der Waals surface area contributed by atoms with E-state index in [1.54, 1.807) is 12.3 Å². The van der Waals surface area contributed by atoms with E-state index in [4.69, 9.17) is 27.9 Å². The van der Waals surface area contributed by atoms with Crippen LogP contribution in [0, 0.1) is 6.07 Å². The average molecular weight is 215 g/mol. The molecule has 1 aromatic carbocycles. The Bertz CT molecular complexity index is 450. The van der Waals surface area contributed by atoms with Gasteiger partial charge in [0.15, 0.2) is 5.75 Å². The molecule has 0 bridgehead atoms. The van der Waals surface area contributed by atoms with Crippen molar-refractivity contribution in [3.8, 4) is 5.75 Å². The first-order valence-electron chi connectivity index (χ1n) is 3.65. The number of hydrogen-bond acceptors (Lipinski definition) is 1. The van der Waals surface area contributed by atoms with Crippen molar-refractivity contribution < 1.29 is 4.74 Å². The van der Waals surface area contributed by atoms with Crippen molar-refractivity contribution in [2.75, 3.05) is 7.11 Å². The Morgan fingerprint density at radius 2 is 2.23 bits per heavy atom. The van der Waals surface area contributed by atoms with Gasteiger partial charge < -0.3 is 9.72 Å². The van der Waals surface area contributed by atoms with Gasteiger partial charge in [0, 0.05) is 23.2 Å². The zero-order valence-electron chi connectivity index (χ0n) is 6.82. The van der Waals surface area contributed by atoms with Crippen LogP contribution >= 0.6 is 23.2 Å². The highest BCUT2D eigenvalue weighted by molar-refractivity contribution is 6.41. The van der Waals surface area contributed by atoms with Crippen molar-refractivity contribution in [3.05, 3.63) is 28.4 Å². The third-order valence-electron chi connectivity index (χ3n) is 1.82. The Labute approximate surface area is 85.4 Å². The Morgan fingerprint density at radius 1 is 1.46 bits per heavy atom. The summed E-state index contributed by atoms with van der Waals surface area (Å²) >= 11 is 11.9. The molecule has 67 valence electrons. The van der Waals surface area contributed by atoms with E-state index in [0.29, 0.717) is 15.8 Å². The van der Waals surface area contributed by atoms with Crippen LogP contribution in [0.1, 0.15) is 0 Å². The fourth-order valence-electron chi connectivity index (χ4n) is 1.23. The Hall–Kier alpha value is -0.860. The van der Waals surface area contributed by atoms with E-state index in [9.17, 15) is 0 Å². The molecule has 0 atom stereocenters. The van der Waals surface area contributed by atoms with Crippen LogP contribution in [0.25, 0.3) is 10.9 Å².